The Hall–Kier alpha value is -1.63. The average molecular weight is 417 g/mol. The van der Waals surface area contributed by atoms with Crippen LogP contribution in [0.1, 0.15) is 57.1 Å². The number of benzene rings is 1. The minimum Gasteiger partial charge on any atom is -0.381 e. The lowest BCUT2D eigenvalue weighted by Gasteiger charge is -2.32. The molecule has 1 aromatic carbocycles. The highest BCUT2D eigenvalue weighted by atomic mass is 16.5. The molecule has 2 aliphatic heterocycles. The van der Waals surface area contributed by atoms with Gasteiger partial charge in [0.2, 0.25) is 0 Å². The number of rotatable bonds is 9. The molecule has 0 amide bonds. The summed E-state index contributed by atoms with van der Waals surface area (Å²) in [4.78, 5) is 7.41. The number of hydrogen-bond acceptors (Lipinski definition) is 4. The number of guanidine groups is 1. The molecule has 0 aromatic heterocycles. The van der Waals surface area contributed by atoms with E-state index in [1.807, 2.05) is 0 Å². The molecule has 0 spiro atoms. The molecule has 30 heavy (non-hydrogen) atoms. The Morgan fingerprint density at radius 1 is 1.13 bits per heavy atom. The Morgan fingerprint density at radius 2 is 1.90 bits per heavy atom. The highest BCUT2D eigenvalue weighted by Crippen LogP contribution is 2.15. The quantitative estimate of drug-likeness (QED) is 0.478. The highest BCUT2D eigenvalue weighted by Gasteiger charge is 2.19. The second kappa shape index (κ2) is 12.9. The number of likely N-dealkylation sites (tertiary alicyclic amines) is 1. The van der Waals surface area contributed by atoms with E-state index in [0.717, 1.165) is 38.6 Å². The first-order valence-corrected chi connectivity index (χ1v) is 11.8. The maximum Gasteiger partial charge on any atom is 0.191 e. The lowest BCUT2D eigenvalue weighted by Crippen LogP contribution is -2.48. The lowest BCUT2D eigenvalue weighted by atomic mass is 10.1. The summed E-state index contributed by atoms with van der Waals surface area (Å²) < 4.78 is 11.5. The molecular weight excluding hydrogens is 376 g/mol. The van der Waals surface area contributed by atoms with E-state index >= 15 is 0 Å². The molecule has 0 unspecified atom stereocenters. The molecule has 2 aliphatic rings. The van der Waals surface area contributed by atoms with E-state index in [1.165, 1.54) is 50.0 Å². The molecule has 2 fully saturated rings. The monoisotopic (exact) mass is 416 g/mol. The fourth-order valence-electron chi connectivity index (χ4n) is 4.18. The molecule has 168 valence electrons. The van der Waals surface area contributed by atoms with Crippen LogP contribution in [0.5, 0.6) is 0 Å². The molecular formula is C24H40N4O2. The molecule has 2 N–H and O–H groups in total. The Labute approximate surface area is 182 Å². The van der Waals surface area contributed by atoms with Gasteiger partial charge in [-0.3, -0.25) is 0 Å². The summed E-state index contributed by atoms with van der Waals surface area (Å²) in [6, 6.07) is 9.12. The van der Waals surface area contributed by atoms with Crippen molar-refractivity contribution >= 4 is 5.96 Å². The van der Waals surface area contributed by atoms with Gasteiger partial charge in [0, 0.05) is 38.9 Å². The van der Waals surface area contributed by atoms with Crippen LogP contribution in [0.15, 0.2) is 29.3 Å². The first kappa shape index (κ1) is 23.0. The molecule has 0 aliphatic carbocycles. The zero-order chi connectivity index (χ0) is 21.0. The number of hydrogen-bond donors (Lipinski definition) is 2. The van der Waals surface area contributed by atoms with Gasteiger partial charge in [0.15, 0.2) is 5.96 Å². The molecule has 0 atom stereocenters. The molecule has 0 saturated carbocycles. The smallest absolute Gasteiger partial charge is 0.191 e. The molecule has 1 aromatic rings. The van der Waals surface area contributed by atoms with E-state index in [9.17, 15) is 0 Å². The van der Waals surface area contributed by atoms with Gasteiger partial charge in [-0.25, -0.2) is 4.99 Å². The van der Waals surface area contributed by atoms with Crippen molar-refractivity contribution in [2.24, 2.45) is 4.99 Å². The fraction of sp³-hybridized carbons (Fsp3) is 0.708. The first-order valence-electron chi connectivity index (χ1n) is 11.8. The normalized spacial score (nSPS) is 19.7. The summed E-state index contributed by atoms with van der Waals surface area (Å²) in [7, 11) is 0. The third-order valence-electron chi connectivity index (χ3n) is 5.88. The van der Waals surface area contributed by atoms with Gasteiger partial charge in [-0.15, -0.1) is 0 Å². The van der Waals surface area contributed by atoms with Crippen LogP contribution >= 0.6 is 0 Å². The molecule has 6 nitrogen and oxygen atoms in total. The molecule has 3 rings (SSSR count). The highest BCUT2D eigenvalue weighted by molar-refractivity contribution is 5.80. The van der Waals surface area contributed by atoms with Crippen molar-refractivity contribution in [3.05, 3.63) is 35.4 Å². The third kappa shape index (κ3) is 7.89. The zero-order valence-electron chi connectivity index (χ0n) is 18.9. The van der Waals surface area contributed by atoms with Crippen molar-refractivity contribution in [1.29, 1.82) is 0 Å². The van der Waals surface area contributed by atoms with Gasteiger partial charge in [0.25, 0.3) is 0 Å². The number of aliphatic imine (C=N–C) groups is 1. The van der Waals surface area contributed by atoms with E-state index in [2.05, 4.69) is 53.6 Å². The predicted molar refractivity (Wildman–Crippen MR) is 123 cm³/mol. The number of nitrogens with zero attached hydrogens (tertiary/aromatic N) is 2. The van der Waals surface area contributed by atoms with Crippen LogP contribution in [0.3, 0.4) is 0 Å². The molecule has 6 heteroatoms. The van der Waals surface area contributed by atoms with Crippen LogP contribution in [-0.2, 0) is 22.6 Å². The van der Waals surface area contributed by atoms with E-state index < -0.39 is 0 Å². The van der Waals surface area contributed by atoms with Crippen molar-refractivity contribution in [2.45, 2.75) is 71.2 Å². The maximum absolute atomic E-state index is 6.07. The van der Waals surface area contributed by atoms with Crippen molar-refractivity contribution in [2.75, 3.05) is 39.4 Å². The van der Waals surface area contributed by atoms with Gasteiger partial charge in [-0.2, -0.15) is 0 Å². The van der Waals surface area contributed by atoms with Crippen LogP contribution in [0.25, 0.3) is 0 Å². The average Bonchev–Trinajstić information content (AvgIpc) is 2.79. The summed E-state index contributed by atoms with van der Waals surface area (Å²) in [5.74, 6) is 0.926. The summed E-state index contributed by atoms with van der Waals surface area (Å²) in [6.45, 7) is 11.8. The van der Waals surface area contributed by atoms with E-state index in [1.54, 1.807) is 0 Å². The maximum atomic E-state index is 6.07. The number of ether oxygens (including phenoxy) is 2. The topological polar surface area (TPSA) is 58.1 Å². The van der Waals surface area contributed by atoms with Gasteiger partial charge < -0.3 is 25.0 Å². The van der Waals surface area contributed by atoms with Crippen molar-refractivity contribution in [1.82, 2.24) is 15.5 Å². The van der Waals surface area contributed by atoms with Crippen LogP contribution in [-0.4, -0.2) is 62.4 Å². The van der Waals surface area contributed by atoms with Gasteiger partial charge >= 0.3 is 0 Å². The third-order valence-corrected chi connectivity index (χ3v) is 5.88. The largest absolute Gasteiger partial charge is 0.381 e. The van der Waals surface area contributed by atoms with Gasteiger partial charge in [0.05, 0.1) is 19.3 Å². The zero-order valence-corrected chi connectivity index (χ0v) is 18.9. The molecule has 2 heterocycles. The predicted octanol–water partition coefficient (Wildman–Crippen LogP) is 3.31. The van der Waals surface area contributed by atoms with E-state index in [4.69, 9.17) is 14.5 Å². The summed E-state index contributed by atoms with van der Waals surface area (Å²) >= 11 is 0. The van der Waals surface area contributed by atoms with Crippen LogP contribution in [0.2, 0.25) is 0 Å². The van der Waals surface area contributed by atoms with Crippen LogP contribution in [0.4, 0.5) is 0 Å². The minimum absolute atomic E-state index is 0.328. The first-order chi connectivity index (χ1) is 14.8. The minimum atomic E-state index is 0.328. The molecule has 2 saturated heterocycles. The second-order valence-electron chi connectivity index (χ2n) is 8.40. The summed E-state index contributed by atoms with van der Waals surface area (Å²) in [6.07, 6.45) is 5.93. The van der Waals surface area contributed by atoms with Gasteiger partial charge in [-0.1, -0.05) is 31.2 Å². The SMILES string of the molecule is CCCN1CCC(NC(=NCc2cccc(COC3CCOCC3)c2)NCC)CC1. The lowest BCUT2D eigenvalue weighted by molar-refractivity contribution is -0.0390. The number of piperidine rings is 1. The van der Waals surface area contributed by atoms with Gasteiger partial charge in [-0.05, 0) is 56.7 Å². The Balaban J connectivity index is 1.49. The summed E-state index contributed by atoms with van der Waals surface area (Å²) in [5.41, 5.74) is 2.44. The van der Waals surface area contributed by atoms with E-state index in [0.29, 0.717) is 25.3 Å². The second-order valence-corrected chi connectivity index (χ2v) is 8.40. The Kier molecular flexibility index (Phi) is 9.93. The van der Waals surface area contributed by atoms with Crippen LogP contribution < -0.4 is 10.6 Å². The standard InChI is InChI=1S/C24H40N4O2/c1-3-12-28-13-8-22(9-14-28)27-24(25-4-2)26-18-20-6-5-7-21(17-20)19-30-23-10-15-29-16-11-23/h5-7,17,22-23H,3-4,8-16,18-19H2,1-2H3,(H2,25,26,27). The van der Waals surface area contributed by atoms with Crippen molar-refractivity contribution in [3.63, 3.8) is 0 Å². The van der Waals surface area contributed by atoms with Crippen molar-refractivity contribution < 1.29 is 9.47 Å². The Morgan fingerprint density at radius 3 is 2.63 bits per heavy atom. The molecule has 0 radical (unpaired) electrons. The summed E-state index contributed by atoms with van der Waals surface area (Å²) in [5, 5.41) is 7.06. The number of nitrogens with one attached hydrogen (secondary N) is 2. The van der Waals surface area contributed by atoms with Crippen molar-refractivity contribution in [3.8, 4) is 0 Å². The van der Waals surface area contributed by atoms with Gasteiger partial charge in [0.1, 0.15) is 0 Å². The molecule has 0 bridgehead atoms. The fourth-order valence-corrected chi connectivity index (χ4v) is 4.18. The van der Waals surface area contributed by atoms with E-state index in [-0.39, 0.29) is 0 Å². The van der Waals surface area contributed by atoms with Crippen LogP contribution in [0, 0.1) is 0 Å². The Bertz CT molecular complexity index is 638.